The van der Waals surface area contributed by atoms with Gasteiger partial charge in [0, 0.05) is 62.8 Å². The Kier molecular flexibility index (Phi) is 11.6. The molecule has 2 fully saturated rings. The van der Waals surface area contributed by atoms with E-state index in [0.717, 1.165) is 29.6 Å². The summed E-state index contributed by atoms with van der Waals surface area (Å²) in [6.45, 7) is 17.2. The SMILES string of the molecule is COCCCn1c(C2CCCN(C(=O)C[C@@H](Cc3ccc(B4OC(C)(C)C(C)(C)O4)cc3)NC(=O)OC(C)(C)C)C2)c(C)c2c(F)ccc(F)c21. The van der Waals surface area contributed by atoms with Crippen LogP contribution in [0.15, 0.2) is 36.4 Å². The van der Waals surface area contributed by atoms with Crippen molar-refractivity contribution in [2.75, 3.05) is 26.8 Å². The van der Waals surface area contributed by atoms with Gasteiger partial charge in [-0.3, -0.25) is 4.79 Å². The van der Waals surface area contributed by atoms with Crippen molar-refractivity contribution >= 4 is 35.5 Å². The van der Waals surface area contributed by atoms with Crippen molar-refractivity contribution in [3.63, 3.8) is 0 Å². The van der Waals surface area contributed by atoms with E-state index in [4.69, 9.17) is 18.8 Å². The molecule has 278 valence electrons. The average Bonchev–Trinajstić information content (AvgIpc) is 3.46. The monoisotopic (exact) mass is 709 g/mol. The number of likely N-dealkylation sites (tertiary alicyclic amines) is 1. The van der Waals surface area contributed by atoms with Crippen LogP contribution in [0.25, 0.3) is 10.9 Å². The van der Waals surface area contributed by atoms with E-state index in [0.29, 0.717) is 44.6 Å². The van der Waals surface area contributed by atoms with Crippen LogP contribution in [0, 0.1) is 18.6 Å². The van der Waals surface area contributed by atoms with Crippen LogP contribution < -0.4 is 10.8 Å². The van der Waals surface area contributed by atoms with Gasteiger partial charge in [-0.25, -0.2) is 13.6 Å². The normalized spacial score (nSPS) is 19.4. The van der Waals surface area contributed by atoms with Gasteiger partial charge in [0.15, 0.2) is 0 Å². The summed E-state index contributed by atoms with van der Waals surface area (Å²) < 4.78 is 55.5. The minimum atomic E-state index is -0.707. The molecule has 0 aliphatic carbocycles. The molecular weight excluding hydrogens is 655 g/mol. The number of aromatic nitrogens is 1. The van der Waals surface area contributed by atoms with E-state index in [1.165, 1.54) is 12.1 Å². The summed E-state index contributed by atoms with van der Waals surface area (Å²) in [5.41, 5.74) is 2.01. The second-order valence-electron chi connectivity index (χ2n) is 16.0. The number of alkyl carbamates (subject to hydrolysis) is 1. The molecule has 5 rings (SSSR count). The third kappa shape index (κ3) is 8.77. The fraction of sp³-hybridized carbons (Fsp3) is 0.590. The maximum atomic E-state index is 15.3. The van der Waals surface area contributed by atoms with Crippen molar-refractivity contribution in [1.29, 1.82) is 0 Å². The zero-order valence-electron chi connectivity index (χ0n) is 31.7. The number of benzene rings is 2. The number of nitrogens with one attached hydrogen (secondary N) is 1. The lowest BCUT2D eigenvalue weighted by Gasteiger charge is -2.35. The van der Waals surface area contributed by atoms with Crippen LogP contribution in [0.5, 0.6) is 0 Å². The Morgan fingerprint density at radius 2 is 1.69 bits per heavy atom. The van der Waals surface area contributed by atoms with Crippen LogP contribution in [0.4, 0.5) is 13.6 Å². The van der Waals surface area contributed by atoms with Gasteiger partial charge in [-0.2, -0.15) is 0 Å². The highest BCUT2D eigenvalue weighted by atomic mass is 19.1. The number of carbonyl (C=O) groups is 2. The fourth-order valence-electron chi connectivity index (χ4n) is 7.23. The number of aryl methyl sites for hydroxylation is 2. The summed E-state index contributed by atoms with van der Waals surface area (Å²) in [4.78, 5) is 28.8. The summed E-state index contributed by atoms with van der Waals surface area (Å²) in [6, 6.07) is 9.66. The first-order valence-corrected chi connectivity index (χ1v) is 18.1. The number of rotatable bonds is 11. The largest absolute Gasteiger partial charge is 0.494 e. The molecule has 2 aliphatic rings. The zero-order chi connectivity index (χ0) is 37.3. The molecule has 0 radical (unpaired) electrons. The molecule has 2 saturated heterocycles. The van der Waals surface area contributed by atoms with Gasteiger partial charge in [0.05, 0.1) is 16.7 Å². The molecule has 2 atom stereocenters. The van der Waals surface area contributed by atoms with Gasteiger partial charge in [-0.05, 0) is 110 Å². The molecule has 1 N–H and O–H groups in total. The highest BCUT2D eigenvalue weighted by molar-refractivity contribution is 6.62. The third-order valence-electron chi connectivity index (χ3n) is 10.4. The minimum absolute atomic E-state index is 0.0595. The number of hydrogen-bond donors (Lipinski definition) is 1. The van der Waals surface area contributed by atoms with Gasteiger partial charge in [0.1, 0.15) is 17.2 Å². The van der Waals surface area contributed by atoms with Gasteiger partial charge in [0.2, 0.25) is 5.91 Å². The average molecular weight is 710 g/mol. The van der Waals surface area contributed by atoms with Crippen LogP contribution in [0.3, 0.4) is 0 Å². The Bertz CT molecular complexity index is 1700. The van der Waals surface area contributed by atoms with Crippen molar-refractivity contribution in [2.45, 2.75) is 123 Å². The van der Waals surface area contributed by atoms with E-state index < -0.39 is 47.7 Å². The van der Waals surface area contributed by atoms with Crippen LogP contribution in [-0.4, -0.2) is 78.2 Å². The molecule has 51 heavy (non-hydrogen) atoms. The summed E-state index contributed by atoms with van der Waals surface area (Å²) in [6.07, 6.45) is 2.02. The summed E-state index contributed by atoms with van der Waals surface area (Å²) >= 11 is 0. The first-order chi connectivity index (χ1) is 23.9. The molecule has 0 spiro atoms. The molecule has 0 saturated carbocycles. The Labute approximate surface area is 301 Å². The van der Waals surface area contributed by atoms with Crippen molar-refractivity contribution < 1.29 is 37.2 Å². The summed E-state index contributed by atoms with van der Waals surface area (Å²) in [7, 11) is 1.12. The lowest BCUT2D eigenvalue weighted by atomic mass is 9.78. The van der Waals surface area contributed by atoms with Crippen molar-refractivity contribution in [1.82, 2.24) is 14.8 Å². The predicted molar refractivity (Wildman–Crippen MR) is 195 cm³/mol. The highest BCUT2D eigenvalue weighted by Crippen LogP contribution is 2.39. The number of amides is 2. The maximum Gasteiger partial charge on any atom is 0.494 e. The topological polar surface area (TPSA) is 91.3 Å². The lowest BCUT2D eigenvalue weighted by molar-refractivity contribution is -0.132. The molecule has 1 unspecified atom stereocenters. The van der Waals surface area contributed by atoms with Gasteiger partial charge < -0.3 is 33.6 Å². The second kappa shape index (κ2) is 15.2. The van der Waals surface area contributed by atoms with Crippen LogP contribution in [-0.2, 0) is 36.5 Å². The number of halogens is 2. The molecule has 12 heteroatoms. The third-order valence-corrected chi connectivity index (χ3v) is 10.4. The Morgan fingerprint density at radius 3 is 2.31 bits per heavy atom. The van der Waals surface area contributed by atoms with Crippen molar-refractivity contribution in [2.24, 2.45) is 0 Å². The van der Waals surface area contributed by atoms with E-state index >= 15 is 8.78 Å². The van der Waals surface area contributed by atoms with E-state index in [9.17, 15) is 9.59 Å². The number of nitrogens with zero attached hydrogens (tertiary/aromatic N) is 2. The second-order valence-corrected chi connectivity index (χ2v) is 16.0. The van der Waals surface area contributed by atoms with E-state index in [2.05, 4.69) is 5.32 Å². The Morgan fingerprint density at radius 1 is 1.04 bits per heavy atom. The standard InChI is InChI=1S/C39H54BF2N3O6/c1-25-33-30(41)17-18-31(42)35(33)45(20-11-21-48-9)34(25)27-12-10-19-44(24-27)32(46)23-29(43-36(47)49-37(2,3)4)22-26-13-15-28(16-14-26)40-50-38(5,6)39(7,8)51-40/h13-18,27,29H,10-12,19-24H2,1-9H3,(H,43,47)/t27?,29-/m1/s1. The number of ether oxygens (including phenoxy) is 2. The Hall–Kier alpha value is -3.48. The molecule has 2 aliphatic heterocycles. The molecule has 2 amide bonds. The zero-order valence-corrected chi connectivity index (χ0v) is 31.7. The molecule has 3 aromatic rings. The van der Waals surface area contributed by atoms with Gasteiger partial charge in [0.25, 0.3) is 0 Å². The summed E-state index contributed by atoms with van der Waals surface area (Å²) in [5, 5.41) is 3.23. The molecule has 1 aromatic heterocycles. The van der Waals surface area contributed by atoms with Gasteiger partial charge in [-0.15, -0.1) is 0 Å². The maximum absolute atomic E-state index is 15.3. The molecule has 9 nitrogen and oxygen atoms in total. The quantitative estimate of drug-likeness (QED) is 0.174. The predicted octanol–water partition coefficient (Wildman–Crippen LogP) is 6.80. The number of carbonyl (C=O) groups excluding carboxylic acids is 2. The molecule has 3 heterocycles. The Balaban J connectivity index is 1.35. The highest BCUT2D eigenvalue weighted by Gasteiger charge is 2.51. The first-order valence-electron chi connectivity index (χ1n) is 18.1. The van der Waals surface area contributed by atoms with E-state index in [-0.39, 0.29) is 29.1 Å². The molecule has 2 aromatic carbocycles. The number of methoxy groups -OCH3 is 1. The fourth-order valence-corrected chi connectivity index (χ4v) is 7.23. The smallest absolute Gasteiger partial charge is 0.444 e. The first kappa shape index (κ1) is 38.7. The minimum Gasteiger partial charge on any atom is -0.444 e. The summed E-state index contributed by atoms with van der Waals surface area (Å²) in [5.74, 6) is -1.15. The van der Waals surface area contributed by atoms with E-state index in [1.54, 1.807) is 27.9 Å². The van der Waals surface area contributed by atoms with Crippen LogP contribution in [0.2, 0.25) is 0 Å². The van der Waals surface area contributed by atoms with Crippen LogP contribution >= 0.6 is 0 Å². The lowest BCUT2D eigenvalue weighted by Crippen LogP contribution is -2.46. The van der Waals surface area contributed by atoms with Crippen molar-refractivity contribution in [3.8, 4) is 0 Å². The number of piperidine rings is 1. The van der Waals surface area contributed by atoms with Gasteiger partial charge >= 0.3 is 13.2 Å². The van der Waals surface area contributed by atoms with Crippen LogP contribution in [0.1, 0.15) is 96.9 Å². The molecular formula is C39H54BF2N3O6. The van der Waals surface area contributed by atoms with Crippen molar-refractivity contribution in [3.05, 3.63) is 64.9 Å². The van der Waals surface area contributed by atoms with Gasteiger partial charge in [-0.1, -0.05) is 24.3 Å². The van der Waals surface area contributed by atoms with E-state index in [1.807, 2.05) is 68.4 Å². The number of hydrogen-bond acceptors (Lipinski definition) is 6. The number of fused-ring (bicyclic) bond motifs is 1. The molecule has 0 bridgehead atoms.